The topological polar surface area (TPSA) is 101 Å². The first-order valence-electron chi connectivity index (χ1n) is 7.91. The van der Waals surface area contributed by atoms with Crippen molar-refractivity contribution in [3.8, 4) is 0 Å². The van der Waals surface area contributed by atoms with E-state index in [0.29, 0.717) is 38.9 Å². The van der Waals surface area contributed by atoms with Gasteiger partial charge in [-0.1, -0.05) is 0 Å². The highest BCUT2D eigenvalue weighted by Crippen LogP contribution is 2.24. The van der Waals surface area contributed by atoms with Crippen LogP contribution in [0, 0.1) is 11.8 Å². The van der Waals surface area contributed by atoms with E-state index in [0.717, 1.165) is 6.42 Å². The molecule has 8 heteroatoms. The maximum absolute atomic E-state index is 12.6. The number of sulfonamides is 1. The number of carbonyl (C=O) groups is 2. The Morgan fingerprint density at radius 1 is 1.09 bits per heavy atom. The summed E-state index contributed by atoms with van der Waals surface area (Å²) in [4.78, 5) is 25.5. The first-order chi connectivity index (χ1) is 10.3. The number of carbonyl (C=O) groups excluding carboxylic acids is 2. The van der Waals surface area contributed by atoms with Gasteiger partial charge >= 0.3 is 0 Å². The predicted molar refractivity (Wildman–Crippen MR) is 82.3 cm³/mol. The standard InChI is InChI=1S/C14H25N3O4S/c1-2-22(20,21)17-7-3-4-12(10-17)14(19)16-8-5-11(6-9-16)13(15)18/h11-12H,2-10H2,1H3,(H2,15,18)/t12-/m1/s1. The van der Waals surface area contributed by atoms with Crippen molar-refractivity contribution in [1.82, 2.24) is 9.21 Å². The van der Waals surface area contributed by atoms with E-state index in [1.165, 1.54) is 4.31 Å². The van der Waals surface area contributed by atoms with Crippen LogP contribution in [0.4, 0.5) is 0 Å². The molecule has 0 radical (unpaired) electrons. The lowest BCUT2D eigenvalue weighted by atomic mass is 9.93. The lowest BCUT2D eigenvalue weighted by Crippen LogP contribution is -2.49. The van der Waals surface area contributed by atoms with Crippen LogP contribution < -0.4 is 5.73 Å². The van der Waals surface area contributed by atoms with Gasteiger partial charge in [0.2, 0.25) is 21.8 Å². The summed E-state index contributed by atoms with van der Waals surface area (Å²) in [5.41, 5.74) is 5.30. The summed E-state index contributed by atoms with van der Waals surface area (Å²) in [6.07, 6.45) is 2.65. The number of primary amides is 1. The Hall–Kier alpha value is -1.15. The van der Waals surface area contributed by atoms with Gasteiger partial charge in [-0.2, -0.15) is 0 Å². The second-order valence-electron chi connectivity index (χ2n) is 6.10. The molecule has 0 saturated carbocycles. The third-order valence-corrected chi connectivity index (χ3v) is 6.55. The molecule has 0 unspecified atom stereocenters. The quantitative estimate of drug-likeness (QED) is 0.769. The Bertz CT molecular complexity index is 526. The van der Waals surface area contributed by atoms with E-state index in [1.807, 2.05) is 0 Å². The van der Waals surface area contributed by atoms with Crippen molar-refractivity contribution in [1.29, 1.82) is 0 Å². The van der Waals surface area contributed by atoms with E-state index in [-0.39, 0.29) is 35.9 Å². The van der Waals surface area contributed by atoms with Crippen molar-refractivity contribution in [3.05, 3.63) is 0 Å². The normalized spacial score (nSPS) is 25.1. The Labute approximate surface area is 131 Å². The second-order valence-corrected chi connectivity index (χ2v) is 8.36. The van der Waals surface area contributed by atoms with Gasteiger partial charge in [0, 0.05) is 32.1 Å². The highest BCUT2D eigenvalue weighted by molar-refractivity contribution is 7.89. The van der Waals surface area contributed by atoms with Crippen molar-refractivity contribution >= 4 is 21.8 Å². The van der Waals surface area contributed by atoms with Crippen molar-refractivity contribution in [2.75, 3.05) is 31.9 Å². The maximum Gasteiger partial charge on any atom is 0.227 e. The van der Waals surface area contributed by atoms with Gasteiger partial charge in [0.15, 0.2) is 0 Å². The molecule has 2 fully saturated rings. The lowest BCUT2D eigenvalue weighted by Gasteiger charge is -2.36. The number of hydrogen-bond acceptors (Lipinski definition) is 4. The van der Waals surface area contributed by atoms with Crippen LogP contribution in [0.15, 0.2) is 0 Å². The van der Waals surface area contributed by atoms with Gasteiger partial charge in [-0.25, -0.2) is 12.7 Å². The van der Waals surface area contributed by atoms with Gasteiger partial charge in [-0.15, -0.1) is 0 Å². The number of amides is 2. The molecule has 2 N–H and O–H groups in total. The molecule has 2 aliphatic heterocycles. The third kappa shape index (κ3) is 3.78. The third-order valence-electron chi connectivity index (χ3n) is 4.70. The molecule has 1 atom stereocenters. The zero-order valence-electron chi connectivity index (χ0n) is 13.0. The summed E-state index contributed by atoms with van der Waals surface area (Å²) in [5.74, 6) is -0.630. The summed E-state index contributed by atoms with van der Waals surface area (Å²) in [6, 6.07) is 0. The summed E-state index contributed by atoms with van der Waals surface area (Å²) in [6.45, 7) is 3.47. The minimum atomic E-state index is -3.24. The molecular weight excluding hydrogens is 306 g/mol. The van der Waals surface area contributed by atoms with Crippen LogP contribution in [0.25, 0.3) is 0 Å². The predicted octanol–water partition coefficient (Wildman–Crippen LogP) is -0.228. The van der Waals surface area contributed by atoms with Gasteiger partial charge in [-0.05, 0) is 32.6 Å². The zero-order valence-corrected chi connectivity index (χ0v) is 13.8. The van der Waals surface area contributed by atoms with Crippen molar-refractivity contribution in [3.63, 3.8) is 0 Å². The molecule has 7 nitrogen and oxygen atoms in total. The van der Waals surface area contributed by atoms with E-state index < -0.39 is 10.0 Å². The van der Waals surface area contributed by atoms with Gasteiger partial charge in [0.05, 0.1) is 11.7 Å². The fourth-order valence-corrected chi connectivity index (χ4v) is 4.40. The Kier molecular flexibility index (Phi) is 5.44. The molecule has 22 heavy (non-hydrogen) atoms. The maximum atomic E-state index is 12.6. The molecule has 0 bridgehead atoms. The summed E-state index contributed by atoms with van der Waals surface area (Å²) in [5, 5.41) is 0. The average molecular weight is 331 g/mol. The fourth-order valence-electron chi connectivity index (χ4n) is 3.22. The van der Waals surface area contributed by atoms with Crippen LogP contribution in [0.2, 0.25) is 0 Å². The van der Waals surface area contributed by atoms with E-state index in [2.05, 4.69) is 0 Å². The Balaban J connectivity index is 1.94. The molecule has 2 rings (SSSR count). The van der Waals surface area contributed by atoms with Gasteiger partial charge in [0.25, 0.3) is 0 Å². The number of nitrogens with two attached hydrogens (primary N) is 1. The summed E-state index contributed by atoms with van der Waals surface area (Å²) >= 11 is 0. The fraction of sp³-hybridized carbons (Fsp3) is 0.857. The summed E-state index contributed by atoms with van der Waals surface area (Å²) in [7, 11) is -3.24. The largest absolute Gasteiger partial charge is 0.369 e. The Morgan fingerprint density at radius 3 is 2.27 bits per heavy atom. The SMILES string of the molecule is CCS(=O)(=O)N1CCC[C@@H](C(=O)N2CCC(C(N)=O)CC2)C1. The first kappa shape index (κ1) is 17.2. The molecule has 0 aliphatic carbocycles. The molecule has 2 saturated heterocycles. The number of nitrogens with zero attached hydrogens (tertiary/aromatic N) is 2. The van der Waals surface area contributed by atoms with E-state index in [4.69, 9.17) is 5.73 Å². The number of likely N-dealkylation sites (tertiary alicyclic amines) is 1. The second kappa shape index (κ2) is 6.95. The summed E-state index contributed by atoms with van der Waals surface area (Å²) < 4.78 is 25.4. The van der Waals surface area contributed by atoms with Crippen LogP contribution in [0.1, 0.15) is 32.6 Å². The van der Waals surface area contributed by atoms with Crippen LogP contribution in [-0.2, 0) is 19.6 Å². The monoisotopic (exact) mass is 331 g/mol. The molecular formula is C14H25N3O4S. The van der Waals surface area contributed by atoms with Crippen LogP contribution >= 0.6 is 0 Å². The minimum Gasteiger partial charge on any atom is -0.369 e. The minimum absolute atomic E-state index is 0.0129. The Morgan fingerprint density at radius 2 is 1.73 bits per heavy atom. The van der Waals surface area contributed by atoms with E-state index >= 15 is 0 Å². The van der Waals surface area contributed by atoms with E-state index in [9.17, 15) is 18.0 Å². The number of hydrogen-bond donors (Lipinski definition) is 1. The highest BCUT2D eigenvalue weighted by atomic mass is 32.2. The van der Waals surface area contributed by atoms with Gasteiger partial charge < -0.3 is 10.6 Å². The van der Waals surface area contributed by atoms with Crippen LogP contribution in [0.5, 0.6) is 0 Å². The van der Waals surface area contributed by atoms with Crippen LogP contribution in [0.3, 0.4) is 0 Å². The smallest absolute Gasteiger partial charge is 0.227 e. The number of piperidine rings is 2. The average Bonchev–Trinajstić information content (AvgIpc) is 2.54. The van der Waals surface area contributed by atoms with Crippen molar-refractivity contribution in [2.24, 2.45) is 17.6 Å². The lowest BCUT2D eigenvalue weighted by molar-refractivity contribution is -0.139. The number of rotatable bonds is 4. The molecule has 0 aromatic rings. The van der Waals surface area contributed by atoms with Crippen LogP contribution in [-0.4, -0.2) is 61.4 Å². The van der Waals surface area contributed by atoms with Crippen molar-refractivity contribution in [2.45, 2.75) is 32.6 Å². The molecule has 0 aromatic heterocycles. The molecule has 126 valence electrons. The van der Waals surface area contributed by atoms with Gasteiger partial charge in [-0.3, -0.25) is 9.59 Å². The molecule has 0 spiro atoms. The molecule has 0 aromatic carbocycles. The highest BCUT2D eigenvalue weighted by Gasteiger charge is 2.35. The van der Waals surface area contributed by atoms with Crippen molar-refractivity contribution < 1.29 is 18.0 Å². The van der Waals surface area contributed by atoms with E-state index in [1.54, 1.807) is 11.8 Å². The zero-order chi connectivity index (χ0) is 16.3. The molecule has 2 amide bonds. The first-order valence-corrected chi connectivity index (χ1v) is 9.52. The molecule has 2 heterocycles. The molecule has 2 aliphatic rings. The van der Waals surface area contributed by atoms with Gasteiger partial charge in [0.1, 0.15) is 0 Å².